The molecule has 6 nitrogen and oxygen atoms in total. The SMILES string of the molecule is COc1cc(C)c(S(=O)(=O)NCCc2cnc(C)[nH]2)c(C)c1. The van der Waals surface area contributed by atoms with Crippen LogP contribution in [0.15, 0.2) is 23.2 Å². The number of methoxy groups -OCH3 is 1. The van der Waals surface area contributed by atoms with E-state index < -0.39 is 10.0 Å². The number of nitrogens with zero attached hydrogens (tertiary/aromatic N) is 1. The molecule has 0 aliphatic rings. The summed E-state index contributed by atoms with van der Waals surface area (Å²) in [6, 6.07) is 3.44. The summed E-state index contributed by atoms with van der Waals surface area (Å²) in [5.41, 5.74) is 2.24. The van der Waals surface area contributed by atoms with E-state index in [1.54, 1.807) is 39.3 Å². The number of H-pyrrole nitrogens is 1. The van der Waals surface area contributed by atoms with Gasteiger partial charge in [-0.15, -0.1) is 0 Å². The number of benzene rings is 1. The summed E-state index contributed by atoms with van der Waals surface area (Å²) in [6.07, 6.45) is 2.28. The van der Waals surface area contributed by atoms with Gasteiger partial charge in [-0.2, -0.15) is 0 Å². The Bertz CT molecular complexity index is 743. The van der Waals surface area contributed by atoms with Crippen LogP contribution in [0.5, 0.6) is 5.75 Å². The highest BCUT2D eigenvalue weighted by atomic mass is 32.2. The number of aryl methyl sites for hydroxylation is 3. The zero-order valence-electron chi connectivity index (χ0n) is 13.2. The molecule has 0 saturated carbocycles. The Kier molecular flexibility index (Phi) is 4.87. The van der Waals surface area contributed by atoms with Crippen LogP contribution in [0.2, 0.25) is 0 Å². The molecule has 2 rings (SSSR count). The molecule has 1 aromatic carbocycles. The predicted octanol–water partition coefficient (Wildman–Crippen LogP) is 1.86. The second-order valence-electron chi connectivity index (χ2n) is 5.23. The van der Waals surface area contributed by atoms with Crippen molar-refractivity contribution in [3.8, 4) is 5.75 Å². The van der Waals surface area contributed by atoms with Crippen molar-refractivity contribution in [1.29, 1.82) is 0 Å². The van der Waals surface area contributed by atoms with Crippen LogP contribution in [0.1, 0.15) is 22.6 Å². The molecule has 2 N–H and O–H groups in total. The molecule has 0 atom stereocenters. The Morgan fingerprint density at radius 3 is 2.36 bits per heavy atom. The topological polar surface area (TPSA) is 84.1 Å². The van der Waals surface area contributed by atoms with Gasteiger partial charge in [0.25, 0.3) is 0 Å². The zero-order valence-corrected chi connectivity index (χ0v) is 14.0. The maximum atomic E-state index is 12.5. The van der Waals surface area contributed by atoms with Crippen molar-refractivity contribution in [2.24, 2.45) is 0 Å². The summed E-state index contributed by atoms with van der Waals surface area (Å²) in [7, 11) is -1.99. The fourth-order valence-corrected chi connectivity index (χ4v) is 3.92. The molecule has 0 saturated heterocycles. The highest BCUT2D eigenvalue weighted by molar-refractivity contribution is 7.89. The lowest BCUT2D eigenvalue weighted by atomic mass is 10.1. The second-order valence-corrected chi connectivity index (χ2v) is 6.94. The number of hydrogen-bond acceptors (Lipinski definition) is 4. The molecule has 0 radical (unpaired) electrons. The molecular weight excluding hydrogens is 302 g/mol. The molecule has 0 fully saturated rings. The summed E-state index contributed by atoms with van der Waals surface area (Å²) < 4.78 is 32.8. The van der Waals surface area contributed by atoms with Crippen molar-refractivity contribution in [2.75, 3.05) is 13.7 Å². The van der Waals surface area contributed by atoms with Gasteiger partial charge in [-0.1, -0.05) is 0 Å². The number of rotatable bonds is 6. The average molecular weight is 323 g/mol. The molecule has 1 aromatic heterocycles. The molecule has 1 heterocycles. The minimum absolute atomic E-state index is 0.314. The molecule has 0 spiro atoms. The lowest BCUT2D eigenvalue weighted by Crippen LogP contribution is -2.27. The third-order valence-electron chi connectivity index (χ3n) is 3.38. The molecule has 0 aliphatic heterocycles. The van der Waals surface area contributed by atoms with Crippen LogP contribution in [0.25, 0.3) is 0 Å². The quantitative estimate of drug-likeness (QED) is 0.850. The van der Waals surface area contributed by atoms with Gasteiger partial charge < -0.3 is 9.72 Å². The smallest absolute Gasteiger partial charge is 0.241 e. The van der Waals surface area contributed by atoms with Crippen molar-refractivity contribution in [2.45, 2.75) is 32.1 Å². The fraction of sp³-hybridized carbons (Fsp3) is 0.400. The minimum atomic E-state index is -3.55. The van der Waals surface area contributed by atoms with Gasteiger partial charge in [-0.3, -0.25) is 0 Å². The summed E-state index contributed by atoms with van der Waals surface area (Å²) in [6.45, 7) is 5.71. The number of aromatic nitrogens is 2. The molecular formula is C15H21N3O3S. The number of nitrogens with one attached hydrogen (secondary N) is 2. The molecule has 0 aliphatic carbocycles. The van der Waals surface area contributed by atoms with E-state index in [4.69, 9.17) is 4.74 Å². The van der Waals surface area contributed by atoms with Crippen LogP contribution < -0.4 is 9.46 Å². The molecule has 120 valence electrons. The lowest BCUT2D eigenvalue weighted by molar-refractivity contribution is 0.413. The number of ether oxygens (including phenoxy) is 1. The van der Waals surface area contributed by atoms with Crippen LogP contribution in [-0.2, 0) is 16.4 Å². The van der Waals surface area contributed by atoms with Gasteiger partial charge in [-0.25, -0.2) is 18.1 Å². The number of hydrogen-bond donors (Lipinski definition) is 2. The summed E-state index contributed by atoms with van der Waals surface area (Å²) >= 11 is 0. The first-order chi connectivity index (χ1) is 10.3. The Hall–Kier alpha value is -1.86. The van der Waals surface area contributed by atoms with Crippen molar-refractivity contribution >= 4 is 10.0 Å². The van der Waals surface area contributed by atoms with Crippen LogP contribution in [0.4, 0.5) is 0 Å². The van der Waals surface area contributed by atoms with Gasteiger partial charge in [0.15, 0.2) is 0 Å². The van der Waals surface area contributed by atoms with E-state index in [0.717, 1.165) is 11.5 Å². The van der Waals surface area contributed by atoms with E-state index in [1.807, 2.05) is 6.92 Å². The van der Waals surface area contributed by atoms with E-state index in [1.165, 1.54) is 0 Å². The number of imidazole rings is 1. The van der Waals surface area contributed by atoms with Gasteiger partial charge in [0.2, 0.25) is 10.0 Å². The van der Waals surface area contributed by atoms with Crippen molar-refractivity contribution < 1.29 is 13.2 Å². The number of sulfonamides is 1. The van der Waals surface area contributed by atoms with Crippen LogP contribution in [0.3, 0.4) is 0 Å². The fourth-order valence-electron chi connectivity index (χ4n) is 2.44. The lowest BCUT2D eigenvalue weighted by Gasteiger charge is -2.13. The summed E-state index contributed by atoms with van der Waals surface area (Å²) in [4.78, 5) is 7.48. The van der Waals surface area contributed by atoms with E-state index >= 15 is 0 Å². The highest BCUT2D eigenvalue weighted by Crippen LogP contribution is 2.25. The van der Waals surface area contributed by atoms with Crippen molar-refractivity contribution in [3.63, 3.8) is 0 Å². The Labute approximate surface area is 131 Å². The average Bonchev–Trinajstić information content (AvgIpc) is 2.83. The van der Waals surface area contributed by atoms with Crippen molar-refractivity contribution in [3.05, 3.63) is 41.0 Å². The maximum Gasteiger partial charge on any atom is 0.241 e. The van der Waals surface area contributed by atoms with Crippen molar-refractivity contribution in [1.82, 2.24) is 14.7 Å². The molecule has 22 heavy (non-hydrogen) atoms. The Balaban J connectivity index is 2.13. The van der Waals surface area contributed by atoms with E-state index in [0.29, 0.717) is 34.7 Å². The van der Waals surface area contributed by atoms with E-state index in [9.17, 15) is 8.42 Å². The van der Waals surface area contributed by atoms with Gasteiger partial charge in [0.05, 0.1) is 12.0 Å². The Morgan fingerprint density at radius 2 is 1.86 bits per heavy atom. The Morgan fingerprint density at radius 1 is 1.23 bits per heavy atom. The predicted molar refractivity (Wildman–Crippen MR) is 84.7 cm³/mol. The van der Waals surface area contributed by atoms with Gasteiger partial charge in [-0.05, 0) is 44.0 Å². The largest absolute Gasteiger partial charge is 0.497 e. The van der Waals surface area contributed by atoms with Crippen LogP contribution in [-0.4, -0.2) is 32.0 Å². The second kappa shape index (κ2) is 6.50. The number of aromatic amines is 1. The third-order valence-corrected chi connectivity index (χ3v) is 5.15. The zero-order chi connectivity index (χ0) is 16.3. The van der Waals surface area contributed by atoms with Gasteiger partial charge >= 0.3 is 0 Å². The molecule has 2 aromatic rings. The monoisotopic (exact) mass is 323 g/mol. The van der Waals surface area contributed by atoms with E-state index in [-0.39, 0.29) is 0 Å². The van der Waals surface area contributed by atoms with Crippen LogP contribution in [0, 0.1) is 20.8 Å². The van der Waals surface area contributed by atoms with E-state index in [2.05, 4.69) is 14.7 Å². The van der Waals surface area contributed by atoms with Gasteiger partial charge in [0, 0.05) is 24.9 Å². The molecule has 0 amide bonds. The first kappa shape index (κ1) is 16.5. The third kappa shape index (κ3) is 3.66. The first-order valence-corrected chi connectivity index (χ1v) is 8.47. The summed E-state index contributed by atoms with van der Waals surface area (Å²) in [5, 5.41) is 0. The van der Waals surface area contributed by atoms with Crippen LogP contribution >= 0.6 is 0 Å². The molecule has 0 bridgehead atoms. The normalized spacial score (nSPS) is 11.6. The standard InChI is InChI=1S/C15H21N3O3S/c1-10-7-14(21-4)8-11(2)15(10)22(19,20)17-6-5-13-9-16-12(3)18-13/h7-9,17H,5-6H2,1-4H3,(H,16,18). The first-order valence-electron chi connectivity index (χ1n) is 6.99. The molecule has 0 unspecified atom stereocenters. The maximum absolute atomic E-state index is 12.5. The minimum Gasteiger partial charge on any atom is -0.497 e. The highest BCUT2D eigenvalue weighted by Gasteiger charge is 2.20. The summed E-state index contributed by atoms with van der Waals surface area (Å²) in [5.74, 6) is 1.47. The van der Waals surface area contributed by atoms with Gasteiger partial charge in [0.1, 0.15) is 11.6 Å². The molecule has 7 heteroatoms.